The van der Waals surface area contributed by atoms with Gasteiger partial charge in [-0.3, -0.25) is 4.79 Å². The molecule has 5 nitrogen and oxygen atoms in total. The Kier molecular flexibility index (Phi) is 10.3. The Morgan fingerprint density at radius 1 is 0.844 bits per heavy atom. The van der Waals surface area contributed by atoms with Crippen LogP contribution in [0.5, 0.6) is 0 Å². The van der Waals surface area contributed by atoms with Crippen molar-refractivity contribution in [3.63, 3.8) is 0 Å². The molecular formula is C37H35N3O2S3. The van der Waals surface area contributed by atoms with Gasteiger partial charge in [0.15, 0.2) is 0 Å². The molecule has 2 N–H and O–H groups in total. The number of methoxy groups -OCH3 is 1. The van der Waals surface area contributed by atoms with Crippen molar-refractivity contribution in [2.24, 2.45) is 0 Å². The Morgan fingerprint density at radius 2 is 1.49 bits per heavy atom. The summed E-state index contributed by atoms with van der Waals surface area (Å²) in [5.74, 6) is 0.606. The van der Waals surface area contributed by atoms with Crippen LogP contribution in [0.25, 0.3) is 10.9 Å². The number of rotatable bonds is 14. The van der Waals surface area contributed by atoms with Crippen molar-refractivity contribution in [1.82, 2.24) is 10.3 Å². The first-order valence-electron chi connectivity index (χ1n) is 14.9. The van der Waals surface area contributed by atoms with Gasteiger partial charge in [-0.05, 0) is 52.2 Å². The molecule has 0 aliphatic carbocycles. The maximum absolute atomic E-state index is 13.5. The molecule has 1 amide bonds. The molecule has 0 aliphatic heterocycles. The fourth-order valence-electron chi connectivity index (χ4n) is 5.52. The van der Waals surface area contributed by atoms with Gasteiger partial charge in [0, 0.05) is 24.8 Å². The Balaban J connectivity index is 1.21. The highest BCUT2D eigenvalue weighted by Crippen LogP contribution is 2.48. The van der Waals surface area contributed by atoms with Gasteiger partial charge in [0.25, 0.3) is 5.91 Å². The number of thiophene rings is 1. The topological polar surface area (TPSA) is 57.4 Å². The van der Waals surface area contributed by atoms with Crippen molar-refractivity contribution in [3.8, 4) is 0 Å². The van der Waals surface area contributed by atoms with Crippen molar-refractivity contribution < 1.29 is 9.53 Å². The maximum Gasteiger partial charge on any atom is 0.267 e. The van der Waals surface area contributed by atoms with E-state index in [0.29, 0.717) is 25.4 Å². The second kappa shape index (κ2) is 14.9. The summed E-state index contributed by atoms with van der Waals surface area (Å²) in [6, 6.07) is 44.2. The lowest BCUT2D eigenvalue weighted by Gasteiger charge is -2.35. The third kappa shape index (κ3) is 6.99. The zero-order valence-electron chi connectivity index (χ0n) is 25.0. The van der Waals surface area contributed by atoms with Crippen LogP contribution in [0, 0.1) is 0 Å². The third-order valence-corrected chi connectivity index (χ3v) is 11.2. The van der Waals surface area contributed by atoms with Crippen LogP contribution in [0.2, 0.25) is 0 Å². The minimum atomic E-state index is -0.420. The number of carbonyl (C=O) groups excluding carboxylic acids is 1. The molecule has 0 atom stereocenters. The predicted molar refractivity (Wildman–Crippen MR) is 192 cm³/mol. The van der Waals surface area contributed by atoms with Gasteiger partial charge in [0.2, 0.25) is 0 Å². The van der Waals surface area contributed by atoms with Gasteiger partial charge in [0.1, 0.15) is 5.69 Å². The van der Waals surface area contributed by atoms with E-state index in [0.717, 1.165) is 22.3 Å². The monoisotopic (exact) mass is 649 g/mol. The second-order valence-corrected chi connectivity index (χ2v) is 14.0. The van der Waals surface area contributed by atoms with Crippen molar-refractivity contribution in [2.45, 2.75) is 8.96 Å². The number of hydrogen-bond acceptors (Lipinski definition) is 6. The Labute approximate surface area is 277 Å². The van der Waals surface area contributed by atoms with Crippen LogP contribution in [0.15, 0.2) is 137 Å². The number of nitrogens with zero attached hydrogens (tertiary/aromatic N) is 1. The number of hydrogen-bond donors (Lipinski definition) is 2. The number of aromatic nitrogens is 1. The second-order valence-electron chi connectivity index (χ2n) is 10.4. The maximum atomic E-state index is 13.5. The average Bonchev–Trinajstić information content (AvgIpc) is 3.78. The summed E-state index contributed by atoms with van der Waals surface area (Å²) in [7, 11) is 1.72. The van der Waals surface area contributed by atoms with E-state index in [1.165, 1.54) is 20.9 Å². The number of aromatic amines is 1. The molecule has 2 heterocycles. The zero-order chi connectivity index (χ0) is 30.9. The summed E-state index contributed by atoms with van der Waals surface area (Å²) in [5.41, 5.74) is 6.14. The lowest BCUT2D eigenvalue weighted by molar-refractivity contribution is 0.0952. The van der Waals surface area contributed by atoms with Crippen LogP contribution in [0.1, 0.15) is 27.2 Å². The first kappa shape index (κ1) is 31.0. The van der Waals surface area contributed by atoms with Crippen molar-refractivity contribution >= 4 is 57.5 Å². The summed E-state index contributed by atoms with van der Waals surface area (Å²) in [6.45, 7) is 1.83. The molecule has 0 bridgehead atoms. The Bertz CT molecular complexity index is 1700. The van der Waals surface area contributed by atoms with Crippen LogP contribution in [-0.4, -0.2) is 43.5 Å². The van der Waals surface area contributed by atoms with E-state index in [4.69, 9.17) is 4.74 Å². The number of fused-ring (bicyclic) bond motifs is 1. The van der Waals surface area contributed by atoms with Crippen LogP contribution >= 0.6 is 35.0 Å². The van der Waals surface area contributed by atoms with E-state index in [1.54, 1.807) is 30.4 Å². The van der Waals surface area contributed by atoms with Gasteiger partial charge in [-0.25, -0.2) is 0 Å². The van der Waals surface area contributed by atoms with Gasteiger partial charge in [-0.1, -0.05) is 109 Å². The molecule has 0 spiro atoms. The molecule has 0 fully saturated rings. The first-order chi connectivity index (χ1) is 22.2. The number of anilines is 1. The smallest absolute Gasteiger partial charge is 0.267 e. The van der Waals surface area contributed by atoms with Gasteiger partial charge in [-0.15, -0.1) is 23.1 Å². The summed E-state index contributed by atoms with van der Waals surface area (Å²) in [6.07, 6.45) is 0. The quantitative estimate of drug-likeness (QED) is 0.0702. The largest absolute Gasteiger partial charge is 0.383 e. The van der Waals surface area contributed by atoms with Crippen LogP contribution in [0.4, 0.5) is 5.69 Å². The van der Waals surface area contributed by atoms with E-state index in [-0.39, 0.29) is 5.91 Å². The molecule has 228 valence electrons. The van der Waals surface area contributed by atoms with Crippen LogP contribution in [-0.2, 0) is 9.48 Å². The van der Waals surface area contributed by atoms with Crippen molar-refractivity contribution in [2.75, 3.05) is 36.9 Å². The lowest BCUT2D eigenvalue weighted by atomic mass is 9.84. The molecule has 0 aliphatic rings. The van der Waals surface area contributed by atoms with Gasteiger partial charge >= 0.3 is 0 Å². The van der Waals surface area contributed by atoms with E-state index >= 15 is 0 Å². The van der Waals surface area contributed by atoms with E-state index < -0.39 is 4.75 Å². The predicted octanol–water partition coefficient (Wildman–Crippen LogP) is 8.84. The van der Waals surface area contributed by atoms with E-state index in [9.17, 15) is 4.79 Å². The third-order valence-electron chi connectivity index (χ3n) is 7.59. The van der Waals surface area contributed by atoms with Crippen LogP contribution < -0.4 is 9.62 Å². The van der Waals surface area contributed by atoms with Gasteiger partial charge in [0.05, 0.1) is 33.3 Å². The number of para-hydroxylation sites is 1. The number of ether oxygens (including phenoxy) is 1. The highest BCUT2D eigenvalue weighted by molar-refractivity contribution is 8.02. The fraction of sp³-hybridized carbons (Fsp3) is 0.162. The highest BCUT2D eigenvalue weighted by Gasteiger charge is 2.36. The summed E-state index contributed by atoms with van der Waals surface area (Å²) in [5, 5.41) is 6.26. The molecule has 45 heavy (non-hydrogen) atoms. The molecule has 0 unspecified atom stereocenters. The minimum Gasteiger partial charge on any atom is -0.383 e. The van der Waals surface area contributed by atoms with Crippen molar-refractivity contribution in [3.05, 3.63) is 155 Å². The van der Waals surface area contributed by atoms with Gasteiger partial charge < -0.3 is 19.3 Å². The zero-order valence-corrected chi connectivity index (χ0v) is 27.5. The van der Waals surface area contributed by atoms with E-state index in [2.05, 4.69) is 129 Å². The molecule has 0 saturated carbocycles. The van der Waals surface area contributed by atoms with Crippen LogP contribution in [0.3, 0.4) is 0 Å². The molecule has 2 aromatic heterocycles. The molecular weight excluding hydrogens is 615 g/mol. The number of thioether (sulfide) groups is 1. The van der Waals surface area contributed by atoms with Crippen molar-refractivity contribution in [1.29, 1.82) is 0 Å². The number of benzene rings is 4. The summed E-state index contributed by atoms with van der Waals surface area (Å²) >= 11 is 5.23. The Hall–Kier alpha value is -3.95. The highest BCUT2D eigenvalue weighted by atomic mass is 32.2. The fourth-order valence-corrected chi connectivity index (χ4v) is 8.76. The molecule has 6 aromatic rings. The first-order valence-corrected chi connectivity index (χ1v) is 17.5. The normalized spacial score (nSPS) is 11.5. The number of H-pyrrole nitrogens is 1. The standard InChI is InChI=1S/C37H35N3O2S3/c1-42-24-23-40(45-34-21-12-25-43-34)33-20-11-13-28-27-32(39-35(28)33)36(41)38-22-26-44-37(29-14-5-2-6-15-29,30-16-7-3-8-17-30)31-18-9-4-10-19-31/h2-21,25,27,39H,22-24,26H2,1H3,(H,38,41). The summed E-state index contributed by atoms with van der Waals surface area (Å²) in [4.78, 5) is 16.9. The van der Waals surface area contributed by atoms with Gasteiger partial charge in [-0.2, -0.15) is 0 Å². The Morgan fingerprint density at radius 3 is 2.07 bits per heavy atom. The number of nitrogens with one attached hydrogen (secondary N) is 2. The SMILES string of the molecule is COCCN(Sc1cccs1)c1cccc2cc(C(=O)NCCSC(c3ccccc3)(c3ccccc3)c3ccccc3)[nH]c12. The molecule has 6 rings (SSSR count). The lowest BCUT2D eigenvalue weighted by Crippen LogP contribution is -2.30. The average molecular weight is 650 g/mol. The summed E-state index contributed by atoms with van der Waals surface area (Å²) < 4.78 is 8.41. The molecule has 4 aromatic carbocycles. The minimum absolute atomic E-state index is 0.114. The molecule has 0 radical (unpaired) electrons. The van der Waals surface area contributed by atoms with E-state index in [1.807, 2.05) is 30.0 Å². The number of carbonyl (C=O) groups is 1. The number of amides is 1. The molecule has 8 heteroatoms. The molecule has 0 saturated heterocycles.